The molecule has 1 heteroatoms. The van der Waals surface area contributed by atoms with Gasteiger partial charge in [-0.1, -0.05) is 54.1 Å². The highest BCUT2D eigenvalue weighted by molar-refractivity contribution is 5.13. The van der Waals surface area contributed by atoms with Crippen molar-refractivity contribution in [2.75, 3.05) is 6.61 Å². The molecule has 86 valence electrons. The number of rotatable bonds is 6. The maximum atomic E-state index is 5.52. The number of hydrogen-bond donors (Lipinski definition) is 0. The first kappa shape index (κ1) is 12.7. The largest absolute Gasteiger partial charge is 0.373 e. The molecule has 1 aromatic rings. The summed E-state index contributed by atoms with van der Waals surface area (Å²) in [7, 11) is 0. The van der Waals surface area contributed by atoms with Gasteiger partial charge in [0.05, 0.1) is 13.2 Å². The lowest BCUT2D eigenvalue weighted by molar-refractivity contribution is 0.148. The molecule has 0 aliphatic rings. The van der Waals surface area contributed by atoms with E-state index in [1.54, 1.807) is 0 Å². The Morgan fingerprint density at radius 2 is 1.88 bits per heavy atom. The fourth-order valence-electron chi connectivity index (χ4n) is 1.29. The smallest absolute Gasteiger partial charge is 0.0721 e. The molecule has 0 aromatic heterocycles. The second-order valence-electron chi connectivity index (χ2n) is 3.99. The van der Waals surface area contributed by atoms with Crippen molar-refractivity contribution >= 4 is 0 Å². The first-order chi connectivity index (χ1) is 7.79. The Bertz CT molecular complexity index is 332. The molecule has 0 radical (unpaired) electrons. The van der Waals surface area contributed by atoms with Gasteiger partial charge in [-0.05, 0) is 25.8 Å². The fourth-order valence-corrected chi connectivity index (χ4v) is 1.29. The molecule has 0 heterocycles. The summed E-state index contributed by atoms with van der Waals surface area (Å²) in [5.41, 5.74) is 2.58. The predicted octanol–water partition coefficient (Wildman–Crippen LogP) is 4.12. The van der Waals surface area contributed by atoms with Crippen molar-refractivity contribution in [3.05, 3.63) is 59.7 Å². The summed E-state index contributed by atoms with van der Waals surface area (Å²) in [6.07, 6.45) is 7.41. The van der Waals surface area contributed by atoms with Crippen molar-refractivity contribution in [3.63, 3.8) is 0 Å². The Kier molecular flexibility index (Phi) is 6.28. The van der Waals surface area contributed by atoms with Crippen LogP contribution in [0.4, 0.5) is 0 Å². The highest BCUT2D eigenvalue weighted by atomic mass is 16.5. The highest BCUT2D eigenvalue weighted by Crippen LogP contribution is 2.00. The SMILES string of the molecule is CC(C)=CC/C=C/COCc1ccccc1. The monoisotopic (exact) mass is 216 g/mol. The third kappa shape index (κ3) is 6.20. The second kappa shape index (κ2) is 7.89. The summed E-state index contributed by atoms with van der Waals surface area (Å²) in [4.78, 5) is 0. The molecule has 0 saturated heterocycles. The Hall–Kier alpha value is -1.34. The van der Waals surface area contributed by atoms with Crippen LogP contribution in [-0.2, 0) is 11.3 Å². The third-order valence-electron chi connectivity index (χ3n) is 2.15. The minimum Gasteiger partial charge on any atom is -0.373 e. The molecule has 1 aromatic carbocycles. The van der Waals surface area contributed by atoms with Gasteiger partial charge in [-0.15, -0.1) is 0 Å². The van der Waals surface area contributed by atoms with Crippen LogP contribution in [0, 0.1) is 0 Å². The molecule has 0 spiro atoms. The maximum Gasteiger partial charge on any atom is 0.0721 e. The van der Waals surface area contributed by atoms with Gasteiger partial charge in [-0.25, -0.2) is 0 Å². The van der Waals surface area contributed by atoms with Gasteiger partial charge in [0.1, 0.15) is 0 Å². The molecule has 0 N–H and O–H groups in total. The van der Waals surface area contributed by atoms with E-state index in [9.17, 15) is 0 Å². The molecule has 1 nitrogen and oxygen atoms in total. The molecule has 16 heavy (non-hydrogen) atoms. The van der Waals surface area contributed by atoms with E-state index in [0.29, 0.717) is 13.2 Å². The molecule has 0 aliphatic heterocycles. The Morgan fingerprint density at radius 3 is 2.56 bits per heavy atom. The second-order valence-corrected chi connectivity index (χ2v) is 3.99. The van der Waals surface area contributed by atoms with Gasteiger partial charge in [-0.2, -0.15) is 0 Å². The van der Waals surface area contributed by atoms with Crippen LogP contribution in [0.1, 0.15) is 25.8 Å². The first-order valence-electron chi connectivity index (χ1n) is 5.69. The minimum absolute atomic E-state index is 0.686. The zero-order valence-corrected chi connectivity index (χ0v) is 10.1. The van der Waals surface area contributed by atoms with Gasteiger partial charge < -0.3 is 4.74 Å². The normalized spacial score (nSPS) is 10.6. The molecule has 0 unspecified atom stereocenters. The average Bonchev–Trinajstić information content (AvgIpc) is 2.29. The standard InChI is InChI=1S/C15H20O/c1-14(2)9-5-4-8-12-16-13-15-10-6-3-7-11-15/h3-4,6-11H,5,12-13H2,1-2H3/b8-4+. The number of benzene rings is 1. The van der Waals surface area contributed by atoms with Crippen molar-refractivity contribution in [2.24, 2.45) is 0 Å². The summed E-state index contributed by atoms with van der Waals surface area (Å²) < 4.78 is 5.52. The van der Waals surface area contributed by atoms with Crippen LogP contribution in [0.15, 0.2) is 54.1 Å². The van der Waals surface area contributed by atoms with Crippen molar-refractivity contribution < 1.29 is 4.74 Å². The number of ether oxygens (including phenoxy) is 1. The van der Waals surface area contributed by atoms with E-state index in [-0.39, 0.29) is 0 Å². The third-order valence-corrected chi connectivity index (χ3v) is 2.15. The molecule has 0 amide bonds. The lowest BCUT2D eigenvalue weighted by Crippen LogP contribution is -1.91. The van der Waals surface area contributed by atoms with E-state index in [0.717, 1.165) is 6.42 Å². The minimum atomic E-state index is 0.686. The van der Waals surface area contributed by atoms with Crippen LogP contribution in [0.2, 0.25) is 0 Å². The predicted molar refractivity (Wildman–Crippen MR) is 69.3 cm³/mol. The zero-order valence-electron chi connectivity index (χ0n) is 10.1. The Morgan fingerprint density at radius 1 is 1.12 bits per heavy atom. The average molecular weight is 216 g/mol. The van der Waals surface area contributed by atoms with Crippen molar-refractivity contribution in [3.8, 4) is 0 Å². The maximum absolute atomic E-state index is 5.52. The summed E-state index contributed by atoms with van der Waals surface area (Å²) >= 11 is 0. The van der Waals surface area contributed by atoms with E-state index < -0.39 is 0 Å². The van der Waals surface area contributed by atoms with Gasteiger partial charge in [0, 0.05) is 0 Å². The Labute approximate surface area is 98.5 Å². The molecule has 0 fully saturated rings. The van der Waals surface area contributed by atoms with Gasteiger partial charge >= 0.3 is 0 Å². The lowest BCUT2D eigenvalue weighted by atomic mass is 10.2. The van der Waals surface area contributed by atoms with Gasteiger partial charge in [-0.3, -0.25) is 0 Å². The first-order valence-corrected chi connectivity index (χ1v) is 5.69. The van der Waals surface area contributed by atoms with Gasteiger partial charge in [0.15, 0.2) is 0 Å². The fraction of sp³-hybridized carbons (Fsp3) is 0.333. The molecule has 0 saturated carbocycles. The quantitative estimate of drug-likeness (QED) is 0.513. The number of hydrogen-bond acceptors (Lipinski definition) is 1. The van der Waals surface area contributed by atoms with Gasteiger partial charge in [0.2, 0.25) is 0 Å². The van der Waals surface area contributed by atoms with E-state index in [2.05, 4.69) is 44.2 Å². The molecule has 0 bridgehead atoms. The molecule has 0 atom stereocenters. The topological polar surface area (TPSA) is 9.23 Å². The van der Waals surface area contributed by atoms with E-state index in [1.807, 2.05) is 18.2 Å². The van der Waals surface area contributed by atoms with Gasteiger partial charge in [0.25, 0.3) is 0 Å². The Balaban J connectivity index is 2.10. The van der Waals surface area contributed by atoms with Crippen LogP contribution >= 0.6 is 0 Å². The van der Waals surface area contributed by atoms with Crippen molar-refractivity contribution in [1.29, 1.82) is 0 Å². The van der Waals surface area contributed by atoms with E-state index >= 15 is 0 Å². The van der Waals surface area contributed by atoms with Crippen LogP contribution < -0.4 is 0 Å². The molecular formula is C15H20O. The van der Waals surface area contributed by atoms with Crippen LogP contribution in [0.25, 0.3) is 0 Å². The van der Waals surface area contributed by atoms with E-state index in [4.69, 9.17) is 4.74 Å². The van der Waals surface area contributed by atoms with Crippen molar-refractivity contribution in [2.45, 2.75) is 26.9 Å². The summed E-state index contributed by atoms with van der Waals surface area (Å²) in [6.45, 7) is 5.60. The van der Waals surface area contributed by atoms with E-state index in [1.165, 1.54) is 11.1 Å². The molecule has 1 rings (SSSR count). The van der Waals surface area contributed by atoms with Crippen LogP contribution in [0.3, 0.4) is 0 Å². The van der Waals surface area contributed by atoms with Crippen LogP contribution in [0.5, 0.6) is 0 Å². The zero-order chi connectivity index (χ0) is 11.6. The number of allylic oxidation sites excluding steroid dienone is 3. The highest BCUT2D eigenvalue weighted by Gasteiger charge is 1.88. The summed E-state index contributed by atoms with van der Waals surface area (Å²) in [6, 6.07) is 10.2. The van der Waals surface area contributed by atoms with Crippen LogP contribution in [-0.4, -0.2) is 6.61 Å². The lowest BCUT2D eigenvalue weighted by Gasteiger charge is -2.00. The van der Waals surface area contributed by atoms with Crippen molar-refractivity contribution in [1.82, 2.24) is 0 Å². The summed E-state index contributed by atoms with van der Waals surface area (Å²) in [5, 5.41) is 0. The molecule has 0 aliphatic carbocycles. The molecular weight excluding hydrogens is 196 g/mol. The summed E-state index contributed by atoms with van der Waals surface area (Å²) in [5.74, 6) is 0.